The quantitative estimate of drug-likeness (QED) is 0.872. The molecule has 0 spiro atoms. The maximum absolute atomic E-state index is 12.2. The normalized spacial score (nSPS) is 13.8. The second-order valence-corrected chi connectivity index (χ2v) is 5.80. The summed E-state index contributed by atoms with van der Waals surface area (Å²) in [5.74, 6) is -0.548. The van der Waals surface area contributed by atoms with Crippen molar-refractivity contribution < 1.29 is 14.4 Å². The van der Waals surface area contributed by atoms with Crippen LogP contribution in [0.3, 0.4) is 0 Å². The Labute approximate surface area is 137 Å². The number of rotatable bonds is 5. The maximum Gasteiger partial charge on any atom is 0.265 e. The lowest BCUT2D eigenvalue weighted by Crippen LogP contribution is -2.38. The number of carbonyl (C=O) groups excluding carboxylic acids is 2. The van der Waals surface area contributed by atoms with E-state index in [2.05, 4.69) is 15.6 Å². The van der Waals surface area contributed by atoms with Crippen LogP contribution < -0.4 is 10.6 Å². The summed E-state index contributed by atoms with van der Waals surface area (Å²) in [6, 6.07) is 7.03. The molecular weight excluding hydrogens is 316 g/mol. The van der Waals surface area contributed by atoms with Crippen LogP contribution in [0.2, 0.25) is 0 Å². The minimum Gasteiger partial charge on any atom is -0.343 e. The lowest BCUT2D eigenvalue weighted by Gasteiger charge is -2.14. The average molecular weight is 332 g/mol. The molecule has 0 bridgehead atoms. The van der Waals surface area contributed by atoms with E-state index in [9.17, 15) is 9.59 Å². The van der Waals surface area contributed by atoms with Crippen LogP contribution in [0.1, 0.15) is 16.8 Å². The number of carbonyl (C=O) groups is 2. The van der Waals surface area contributed by atoms with Gasteiger partial charge in [0, 0.05) is 22.8 Å². The molecule has 2 amide bonds. The second-order valence-electron chi connectivity index (χ2n) is 4.91. The molecule has 0 unspecified atom stereocenters. The van der Waals surface area contributed by atoms with E-state index in [1.807, 2.05) is 11.4 Å². The minimum absolute atomic E-state index is 0.0804. The Balaban J connectivity index is 1.57. The van der Waals surface area contributed by atoms with Gasteiger partial charge in [0.1, 0.15) is 0 Å². The Morgan fingerprint density at radius 2 is 2.30 bits per heavy atom. The lowest BCUT2D eigenvalue weighted by atomic mass is 10.2. The van der Waals surface area contributed by atoms with Gasteiger partial charge in [0.15, 0.2) is 5.13 Å². The van der Waals surface area contributed by atoms with Crippen molar-refractivity contribution >= 4 is 34.0 Å². The molecule has 0 aliphatic carbocycles. The Morgan fingerprint density at radius 3 is 3.04 bits per heavy atom. The third kappa shape index (κ3) is 4.05. The van der Waals surface area contributed by atoms with Gasteiger partial charge in [-0.2, -0.15) is 0 Å². The predicted molar refractivity (Wildman–Crippen MR) is 86.5 cm³/mol. The number of hydrogen-bond donors (Lipinski definition) is 2. The molecule has 1 aliphatic rings. The highest BCUT2D eigenvalue weighted by molar-refractivity contribution is 7.13. The van der Waals surface area contributed by atoms with Gasteiger partial charge in [0.2, 0.25) is 0 Å². The van der Waals surface area contributed by atoms with Crippen molar-refractivity contribution in [2.75, 3.05) is 25.0 Å². The van der Waals surface area contributed by atoms with E-state index in [1.165, 1.54) is 16.4 Å². The van der Waals surface area contributed by atoms with Crippen LogP contribution >= 0.6 is 11.3 Å². The van der Waals surface area contributed by atoms with Gasteiger partial charge in [0.05, 0.1) is 19.7 Å². The number of aromatic nitrogens is 1. The van der Waals surface area contributed by atoms with Crippen molar-refractivity contribution in [2.24, 2.45) is 0 Å². The van der Waals surface area contributed by atoms with Gasteiger partial charge in [-0.15, -0.1) is 11.3 Å². The third-order valence-corrected chi connectivity index (χ3v) is 3.93. The maximum atomic E-state index is 12.2. The van der Waals surface area contributed by atoms with Gasteiger partial charge in [-0.05, 0) is 24.6 Å². The number of nitrogens with one attached hydrogen (secondary N) is 2. The molecule has 3 rings (SSSR count). The first-order valence-electron chi connectivity index (χ1n) is 7.20. The highest BCUT2D eigenvalue weighted by Gasteiger charge is 2.19. The molecule has 8 heteroatoms. The van der Waals surface area contributed by atoms with Crippen molar-refractivity contribution in [1.82, 2.24) is 15.4 Å². The van der Waals surface area contributed by atoms with E-state index < -0.39 is 0 Å². The summed E-state index contributed by atoms with van der Waals surface area (Å²) >= 11 is 1.47. The van der Waals surface area contributed by atoms with Crippen LogP contribution in [0.15, 0.2) is 35.8 Å². The highest BCUT2D eigenvalue weighted by Crippen LogP contribution is 2.19. The molecule has 0 radical (unpaired) electrons. The van der Waals surface area contributed by atoms with E-state index in [0.717, 1.165) is 17.2 Å². The summed E-state index contributed by atoms with van der Waals surface area (Å²) < 4.78 is 0. The van der Waals surface area contributed by atoms with Crippen LogP contribution in [-0.2, 0) is 9.63 Å². The number of hydrogen-bond acceptors (Lipinski definition) is 6. The molecule has 1 aromatic heterocycles. The number of anilines is 2. The standard InChI is InChI=1S/C15H16N4O3S/c20-13(19-6-2-7-22-19)10-17-14(21)11-3-1-4-12(9-11)18-15-16-5-8-23-15/h1,3-5,8-9H,2,6-7,10H2,(H,16,18)(H,17,21). The van der Waals surface area contributed by atoms with Gasteiger partial charge in [-0.3, -0.25) is 14.4 Å². The fourth-order valence-electron chi connectivity index (χ4n) is 2.14. The predicted octanol–water partition coefficient (Wildman–Crippen LogP) is 1.78. The number of thiazole rings is 1. The van der Waals surface area contributed by atoms with E-state index in [1.54, 1.807) is 24.4 Å². The number of hydroxylamine groups is 2. The van der Waals surface area contributed by atoms with Crippen molar-refractivity contribution in [1.29, 1.82) is 0 Å². The molecule has 1 aliphatic heterocycles. The van der Waals surface area contributed by atoms with Crippen molar-refractivity contribution in [3.63, 3.8) is 0 Å². The Hall–Kier alpha value is -2.45. The monoisotopic (exact) mass is 332 g/mol. The van der Waals surface area contributed by atoms with Gasteiger partial charge in [-0.25, -0.2) is 10.0 Å². The zero-order valence-electron chi connectivity index (χ0n) is 12.3. The molecular formula is C15H16N4O3S. The van der Waals surface area contributed by atoms with Crippen molar-refractivity contribution in [3.8, 4) is 0 Å². The second kappa shape index (κ2) is 7.21. The third-order valence-electron chi connectivity index (χ3n) is 3.24. The molecule has 23 heavy (non-hydrogen) atoms. The van der Waals surface area contributed by atoms with Crippen LogP contribution in [0.5, 0.6) is 0 Å². The highest BCUT2D eigenvalue weighted by atomic mass is 32.1. The summed E-state index contributed by atoms with van der Waals surface area (Å²) in [4.78, 5) is 33.3. The topological polar surface area (TPSA) is 83.6 Å². The van der Waals surface area contributed by atoms with Crippen molar-refractivity contribution in [3.05, 3.63) is 41.4 Å². The van der Waals surface area contributed by atoms with Crippen LogP contribution in [0.4, 0.5) is 10.8 Å². The first-order valence-corrected chi connectivity index (χ1v) is 8.08. The molecule has 0 saturated carbocycles. The SMILES string of the molecule is O=C(NCC(=O)N1CCCO1)c1cccc(Nc2nccs2)c1. The average Bonchev–Trinajstić information content (AvgIpc) is 3.26. The molecule has 0 atom stereocenters. The smallest absolute Gasteiger partial charge is 0.265 e. The van der Waals surface area contributed by atoms with Crippen LogP contribution in [-0.4, -0.2) is 41.6 Å². The van der Waals surface area contributed by atoms with E-state index in [0.29, 0.717) is 18.7 Å². The number of benzene rings is 1. The minimum atomic E-state index is -0.305. The summed E-state index contributed by atoms with van der Waals surface area (Å²) in [6.45, 7) is 1.04. The summed E-state index contributed by atoms with van der Waals surface area (Å²) in [5, 5.41) is 9.64. The van der Waals surface area contributed by atoms with Gasteiger partial charge in [0.25, 0.3) is 11.8 Å². The molecule has 1 fully saturated rings. The zero-order valence-corrected chi connectivity index (χ0v) is 13.1. The number of nitrogens with zero attached hydrogens (tertiary/aromatic N) is 2. The van der Waals surface area contributed by atoms with E-state index >= 15 is 0 Å². The lowest BCUT2D eigenvalue weighted by molar-refractivity contribution is -0.167. The largest absolute Gasteiger partial charge is 0.343 e. The molecule has 120 valence electrons. The zero-order chi connectivity index (χ0) is 16.1. The summed E-state index contributed by atoms with van der Waals surface area (Å²) in [7, 11) is 0. The number of amides is 2. The summed E-state index contributed by atoms with van der Waals surface area (Å²) in [5.41, 5.74) is 1.24. The Bertz CT molecular complexity index is 684. The van der Waals surface area contributed by atoms with E-state index in [4.69, 9.17) is 4.84 Å². The first kappa shape index (κ1) is 15.4. The molecule has 7 nitrogen and oxygen atoms in total. The van der Waals surface area contributed by atoms with Crippen LogP contribution in [0.25, 0.3) is 0 Å². The molecule has 2 aromatic rings. The Morgan fingerprint density at radius 1 is 1.39 bits per heavy atom. The molecule has 2 heterocycles. The molecule has 1 saturated heterocycles. The van der Waals surface area contributed by atoms with Gasteiger partial charge < -0.3 is 10.6 Å². The molecule has 2 N–H and O–H groups in total. The van der Waals surface area contributed by atoms with Crippen LogP contribution in [0, 0.1) is 0 Å². The van der Waals surface area contributed by atoms with E-state index in [-0.39, 0.29) is 18.4 Å². The van der Waals surface area contributed by atoms with Gasteiger partial charge in [-0.1, -0.05) is 6.07 Å². The first-order chi connectivity index (χ1) is 11.2. The van der Waals surface area contributed by atoms with Gasteiger partial charge >= 0.3 is 0 Å². The molecule has 1 aromatic carbocycles. The fourth-order valence-corrected chi connectivity index (χ4v) is 2.69. The fraction of sp³-hybridized carbons (Fsp3) is 0.267. The van der Waals surface area contributed by atoms with Crippen molar-refractivity contribution in [2.45, 2.75) is 6.42 Å². The Kier molecular flexibility index (Phi) is 4.84. The summed E-state index contributed by atoms with van der Waals surface area (Å²) in [6.07, 6.45) is 2.53.